The Morgan fingerprint density at radius 1 is 0.167 bits per heavy atom. The van der Waals surface area contributed by atoms with Gasteiger partial charge in [0.2, 0.25) is 0 Å². The van der Waals surface area contributed by atoms with Crippen LogP contribution in [0.4, 0.5) is 0 Å². The third-order valence-electron chi connectivity index (χ3n) is 31.8. The smallest absolute Gasteiger partial charge is 0.164 e. The zero-order valence-corrected chi connectivity index (χ0v) is 83.8. The molecule has 0 aliphatic heterocycles. The van der Waals surface area contributed by atoms with Crippen LogP contribution in [0.3, 0.4) is 0 Å². The molecule has 0 saturated carbocycles. The van der Waals surface area contributed by atoms with E-state index in [4.69, 9.17) is 29.9 Å². The van der Waals surface area contributed by atoms with Gasteiger partial charge in [0.25, 0.3) is 0 Å². The summed E-state index contributed by atoms with van der Waals surface area (Å²) in [6, 6.07) is 176. The summed E-state index contributed by atoms with van der Waals surface area (Å²) in [6.07, 6.45) is 0. The molecule has 0 unspecified atom stereocenters. The molecule has 9 heteroatoms. The Hall–Kier alpha value is -19.0. The van der Waals surface area contributed by atoms with Crippen LogP contribution in [0.2, 0.25) is 0 Å². The van der Waals surface area contributed by atoms with Crippen LogP contribution in [-0.4, -0.2) is 43.6 Å². The maximum atomic E-state index is 4.99. The summed E-state index contributed by atoms with van der Waals surface area (Å²) in [7, 11) is 0. The minimum absolute atomic E-state index is 0.0556. The van der Waals surface area contributed by atoms with Crippen LogP contribution in [-0.2, 0) is 16.2 Å². The fraction of sp³-hybridized carbons (Fsp3) is 0.0638. The molecule has 0 bridgehead atoms. The van der Waals surface area contributed by atoms with Crippen molar-refractivity contribution in [1.82, 2.24) is 43.6 Å². The van der Waals surface area contributed by atoms with E-state index >= 15 is 0 Å². The lowest BCUT2D eigenvalue weighted by molar-refractivity contribution is 0.661. The monoisotopic (exact) mass is 1920 g/mol. The van der Waals surface area contributed by atoms with Crippen molar-refractivity contribution >= 4 is 97.7 Å². The maximum Gasteiger partial charge on any atom is 0.164 e. The molecule has 5 aromatic heterocycles. The Kier molecular flexibility index (Phi) is 20.8. The first-order valence-corrected chi connectivity index (χ1v) is 51.8. The first-order valence-electron chi connectivity index (χ1n) is 51.8. The van der Waals surface area contributed by atoms with Crippen LogP contribution in [0.25, 0.3) is 250 Å². The number of nitrogens with zero attached hydrogens (tertiary/aromatic N) is 9. The lowest BCUT2D eigenvalue weighted by Gasteiger charge is -2.24. The van der Waals surface area contributed by atoms with Crippen LogP contribution in [0.5, 0.6) is 0 Å². The van der Waals surface area contributed by atoms with Gasteiger partial charge >= 0.3 is 0 Å². The molecule has 0 atom stereocenters. The van der Waals surface area contributed by atoms with Gasteiger partial charge in [-0.15, -0.1) is 0 Å². The fourth-order valence-corrected chi connectivity index (χ4v) is 24.7. The third kappa shape index (κ3) is 14.4. The lowest BCUT2D eigenvalue weighted by Crippen LogP contribution is -2.16. The summed E-state index contributed by atoms with van der Waals surface area (Å²) in [5.41, 5.74) is 39.8. The van der Waals surface area contributed by atoms with Crippen molar-refractivity contribution in [1.29, 1.82) is 0 Å². The van der Waals surface area contributed by atoms with Gasteiger partial charge in [-0.05, 0) is 242 Å². The highest BCUT2D eigenvalue weighted by Gasteiger charge is 2.43. The zero-order valence-electron chi connectivity index (χ0n) is 83.8. The van der Waals surface area contributed by atoms with Gasteiger partial charge in [-0.3, -0.25) is 0 Å². The van der Waals surface area contributed by atoms with Crippen LogP contribution in [0.1, 0.15) is 74.9 Å². The zero-order chi connectivity index (χ0) is 100. The molecule has 30 rings (SSSR count). The van der Waals surface area contributed by atoms with Crippen molar-refractivity contribution in [3.63, 3.8) is 0 Å². The highest BCUT2D eigenvalue weighted by Crippen LogP contribution is 2.60. The molecule has 3 aliphatic rings. The molecule has 27 aromatic rings. The number of hydrogen-bond donors (Lipinski definition) is 0. The van der Waals surface area contributed by atoms with Gasteiger partial charge in [0.1, 0.15) is 0 Å². The SMILES string of the molecule is CC1(C)c2ccccc2-c2c1c1c(c3ccccc23)c2ccccc2n1-c1ccc(-c2nc(-c3ccccc3)nc(-c3ccccc3)n2)cc1.CC1(C)c2ccccc2-c2c1c1c3ccccc3n(-c3ccc(-c4nc(-c5ccccc5)nc(-c5ccccc5)n4)cc3)c1c1ccccc21.CC1(C)c2ccccc2-c2cc3c(cc21)c1cc2ccccc2cc1n3-c1ccc(-c2cc(-c3ccccc3)cc(-c3ccccc3)c2)cc1. The van der Waals surface area contributed by atoms with E-state index in [0.717, 1.165) is 50.4 Å². The third-order valence-corrected chi connectivity index (χ3v) is 31.8. The molecule has 9 nitrogen and oxygen atoms in total. The molecule has 22 aromatic carbocycles. The molecule has 0 fully saturated rings. The number of para-hydroxylation sites is 2. The van der Waals surface area contributed by atoms with E-state index in [9.17, 15) is 0 Å². The summed E-state index contributed by atoms with van der Waals surface area (Å²) in [6.45, 7) is 14.3. The fourth-order valence-electron chi connectivity index (χ4n) is 24.7. The highest BCUT2D eigenvalue weighted by atomic mass is 15.1. The summed E-state index contributed by atoms with van der Waals surface area (Å²) < 4.78 is 7.41. The minimum Gasteiger partial charge on any atom is -0.309 e. The molecule has 150 heavy (non-hydrogen) atoms. The Balaban J connectivity index is 0.000000108. The van der Waals surface area contributed by atoms with Crippen molar-refractivity contribution < 1.29 is 0 Å². The van der Waals surface area contributed by atoms with Crippen LogP contribution >= 0.6 is 0 Å². The predicted molar refractivity (Wildman–Crippen MR) is 623 cm³/mol. The Morgan fingerprint density at radius 3 is 0.920 bits per heavy atom. The van der Waals surface area contributed by atoms with Crippen LogP contribution in [0.15, 0.2) is 491 Å². The van der Waals surface area contributed by atoms with Crippen molar-refractivity contribution in [2.45, 2.75) is 57.8 Å². The van der Waals surface area contributed by atoms with Crippen molar-refractivity contribution in [2.75, 3.05) is 0 Å². The van der Waals surface area contributed by atoms with Gasteiger partial charge in [0, 0.05) is 104 Å². The van der Waals surface area contributed by atoms with E-state index in [-0.39, 0.29) is 16.2 Å². The molecule has 0 amide bonds. The molecule has 5 heterocycles. The van der Waals surface area contributed by atoms with Crippen LogP contribution in [0, 0.1) is 0 Å². The van der Waals surface area contributed by atoms with E-state index in [0.29, 0.717) is 34.9 Å². The quantitative estimate of drug-likeness (QED) is 0.121. The Morgan fingerprint density at radius 2 is 0.467 bits per heavy atom. The maximum absolute atomic E-state index is 4.99. The number of aromatic nitrogens is 9. The molecule has 3 aliphatic carbocycles. The second-order valence-electron chi connectivity index (χ2n) is 41.5. The topological polar surface area (TPSA) is 92.1 Å². The highest BCUT2D eigenvalue weighted by molar-refractivity contribution is 6.28. The molecular weight excluding hydrogens is 1820 g/mol. The van der Waals surface area contributed by atoms with Crippen molar-refractivity contribution in [3.8, 4) is 152 Å². The van der Waals surface area contributed by atoms with E-state index in [1.807, 2.05) is 121 Å². The predicted octanol–water partition coefficient (Wildman–Crippen LogP) is 36.1. The largest absolute Gasteiger partial charge is 0.309 e. The first-order chi connectivity index (χ1) is 73.7. The first kappa shape index (κ1) is 88.7. The Bertz CT molecular complexity index is 9930. The molecule has 0 radical (unpaired) electrons. The number of rotatable bonds is 12. The van der Waals surface area contributed by atoms with E-state index in [1.54, 1.807) is 0 Å². The average Bonchev–Trinajstić information content (AvgIpc) is 1.52. The number of fused-ring (bicyclic) bond motifs is 27. The van der Waals surface area contributed by atoms with Crippen molar-refractivity contribution in [2.24, 2.45) is 0 Å². The van der Waals surface area contributed by atoms with E-state index in [2.05, 4.69) is 425 Å². The molecule has 0 spiro atoms. The Labute approximate surface area is 869 Å². The molecule has 0 N–H and O–H groups in total. The number of benzene rings is 22. The summed E-state index contributed by atoms with van der Waals surface area (Å²) in [4.78, 5) is 29.7. The average molecular weight is 1920 g/mol. The summed E-state index contributed by atoms with van der Waals surface area (Å²) in [5.74, 6) is 3.93. The standard InChI is InChI=1S/C49H35N.2C46H32N4/c1-49(2)45-20-12-11-19-41(45)42-31-48-44(30-46(42)49)43-28-35-17-9-10-18-36(35)29-47(43)50(48)40-23-21-34(22-24-40)39-26-37(32-13-5-3-6-14-32)25-38(27-39)33-15-7-4-8-16-33;1-46(2)37-23-13-11-21-35(37)39-33-19-9-10-20-34(33)42-40(41(39)46)36-22-12-14-24-38(36)50(42)32-27-25-31(26-28-32)45-48-43(29-15-5-3-6-16-29)47-44(49-45)30-17-7-4-8-18-30;1-46(2)37-23-13-11-21-35(37)39-33-19-9-10-20-34(33)40-36-22-12-14-24-38(36)50(42(40)41(39)46)32-27-25-31(26-28-32)45-48-43(29-15-5-3-6-16-29)47-44(49-45)30-17-7-4-8-18-30/h3-31H,1-2H3;2*3-28H,1-2H3. The second kappa shape index (κ2) is 35.2. The van der Waals surface area contributed by atoms with Gasteiger partial charge in [-0.25, -0.2) is 29.9 Å². The van der Waals surface area contributed by atoms with E-state index in [1.165, 1.54) is 198 Å². The molecule has 708 valence electrons. The lowest BCUT2D eigenvalue weighted by atomic mass is 9.79. The number of hydrogen-bond acceptors (Lipinski definition) is 6. The van der Waals surface area contributed by atoms with Gasteiger partial charge in [0.15, 0.2) is 34.9 Å². The van der Waals surface area contributed by atoms with Crippen LogP contribution < -0.4 is 0 Å². The summed E-state index contributed by atoms with van der Waals surface area (Å²) in [5, 5.41) is 15.4. The normalized spacial score (nSPS) is 13.2. The summed E-state index contributed by atoms with van der Waals surface area (Å²) >= 11 is 0. The molecule has 0 saturated heterocycles. The van der Waals surface area contributed by atoms with E-state index < -0.39 is 0 Å². The minimum atomic E-state index is -0.188. The second-order valence-corrected chi connectivity index (χ2v) is 41.5. The molecular formula is C141H99N9. The van der Waals surface area contributed by atoms with Gasteiger partial charge in [-0.1, -0.05) is 418 Å². The van der Waals surface area contributed by atoms with Gasteiger partial charge < -0.3 is 13.7 Å². The van der Waals surface area contributed by atoms with Crippen molar-refractivity contribution in [3.05, 3.63) is 525 Å². The van der Waals surface area contributed by atoms with Gasteiger partial charge in [-0.2, -0.15) is 0 Å². The van der Waals surface area contributed by atoms with Gasteiger partial charge in [0.05, 0.1) is 33.1 Å².